The largest absolute Gasteiger partial charge is 0.339 e. The fourth-order valence-electron chi connectivity index (χ4n) is 3.02. The Hall–Kier alpha value is -3.43. The molecule has 1 amide bonds. The molecule has 1 aliphatic carbocycles. The second-order valence-corrected chi connectivity index (χ2v) is 7.46. The fraction of sp³-hybridized carbons (Fsp3) is 0.350. The molecule has 10 heteroatoms. The normalized spacial score (nSPS) is 13.9. The number of halogens is 2. The molecule has 0 radical (unpaired) electrons. The molecule has 1 saturated carbocycles. The van der Waals surface area contributed by atoms with Crippen molar-refractivity contribution in [1.82, 2.24) is 24.7 Å². The molecule has 1 aliphatic rings. The minimum absolute atomic E-state index is 0.178. The van der Waals surface area contributed by atoms with Crippen LogP contribution < -0.4 is 10.6 Å². The van der Waals surface area contributed by atoms with Crippen molar-refractivity contribution in [1.29, 1.82) is 0 Å². The second-order valence-electron chi connectivity index (χ2n) is 7.46. The molecule has 3 aromatic rings. The van der Waals surface area contributed by atoms with Crippen molar-refractivity contribution in [2.75, 3.05) is 10.6 Å². The van der Waals surface area contributed by atoms with Crippen molar-refractivity contribution in [3.05, 3.63) is 42.1 Å². The Labute approximate surface area is 171 Å². The molecular formula is C20H21F2N7O. The van der Waals surface area contributed by atoms with Crippen LogP contribution in [0.25, 0.3) is 11.3 Å². The van der Waals surface area contributed by atoms with E-state index in [0.29, 0.717) is 28.5 Å². The van der Waals surface area contributed by atoms with Gasteiger partial charge in [-0.05, 0) is 18.9 Å². The first-order valence-corrected chi connectivity index (χ1v) is 9.51. The van der Waals surface area contributed by atoms with Gasteiger partial charge in [-0.2, -0.15) is 13.9 Å². The molecule has 0 aromatic carbocycles. The van der Waals surface area contributed by atoms with Gasteiger partial charge in [0.1, 0.15) is 11.6 Å². The quantitative estimate of drug-likeness (QED) is 0.635. The van der Waals surface area contributed by atoms with Crippen molar-refractivity contribution in [2.24, 2.45) is 7.05 Å². The van der Waals surface area contributed by atoms with Crippen LogP contribution in [0.1, 0.15) is 44.1 Å². The molecule has 30 heavy (non-hydrogen) atoms. The van der Waals surface area contributed by atoms with Crippen molar-refractivity contribution < 1.29 is 13.6 Å². The van der Waals surface area contributed by atoms with Crippen LogP contribution in [0.4, 0.5) is 26.1 Å². The molecule has 0 saturated heterocycles. The van der Waals surface area contributed by atoms with Gasteiger partial charge in [0, 0.05) is 62.6 Å². The van der Waals surface area contributed by atoms with Crippen LogP contribution in [0.5, 0.6) is 0 Å². The van der Waals surface area contributed by atoms with E-state index in [4.69, 9.17) is 0 Å². The number of hydrogen-bond donors (Lipinski definition) is 2. The van der Waals surface area contributed by atoms with Crippen LogP contribution >= 0.6 is 0 Å². The van der Waals surface area contributed by atoms with Crippen LogP contribution in [-0.2, 0) is 17.8 Å². The first-order chi connectivity index (χ1) is 14.2. The lowest BCUT2D eigenvalue weighted by molar-refractivity contribution is -0.114. The lowest BCUT2D eigenvalue weighted by Gasteiger charge is -2.15. The molecule has 1 fully saturated rings. The zero-order chi connectivity index (χ0) is 21.5. The minimum atomic E-state index is -3.16. The van der Waals surface area contributed by atoms with E-state index in [9.17, 15) is 13.6 Å². The Balaban J connectivity index is 1.77. The minimum Gasteiger partial charge on any atom is -0.339 e. The van der Waals surface area contributed by atoms with E-state index in [1.807, 2.05) is 6.07 Å². The molecule has 0 spiro atoms. The summed E-state index contributed by atoms with van der Waals surface area (Å²) in [5.41, 5.74) is 2.40. The zero-order valence-corrected chi connectivity index (χ0v) is 16.8. The van der Waals surface area contributed by atoms with Gasteiger partial charge in [-0.1, -0.05) is 0 Å². The highest BCUT2D eigenvalue weighted by molar-refractivity contribution is 5.89. The first kappa shape index (κ1) is 19.9. The Morgan fingerprint density at radius 3 is 2.60 bits per heavy atom. The predicted molar refractivity (Wildman–Crippen MR) is 108 cm³/mol. The monoisotopic (exact) mass is 413 g/mol. The SMILES string of the molecule is CC(=O)Nc1cc(Nc2cc(C3CC3)nc(C(C)(F)F)n2)c(-c2ccn(C)n2)cn1. The van der Waals surface area contributed by atoms with Gasteiger partial charge >= 0.3 is 5.92 Å². The number of amides is 1. The molecule has 0 aliphatic heterocycles. The van der Waals surface area contributed by atoms with Gasteiger partial charge < -0.3 is 10.6 Å². The summed E-state index contributed by atoms with van der Waals surface area (Å²) in [4.78, 5) is 23.8. The summed E-state index contributed by atoms with van der Waals surface area (Å²) in [7, 11) is 1.79. The van der Waals surface area contributed by atoms with Gasteiger partial charge in [-0.3, -0.25) is 9.48 Å². The van der Waals surface area contributed by atoms with Crippen LogP contribution in [0.3, 0.4) is 0 Å². The smallest absolute Gasteiger partial charge is 0.303 e. The lowest BCUT2D eigenvalue weighted by Crippen LogP contribution is -2.15. The number of aryl methyl sites for hydroxylation is 1. The number of hydrogen-bond acceptors (Lipinski definition) is 6. The van der Waals surface area contributed by atoms with Crippen LogP contribution in [0.15, 0.2) is 30.6 Å². The molecule has 8 nitrogen and oxygen atoms in total. The zero-order valence-electron chi connectivity index (χ0n) is 16.8. The average Bonchev–Trinajstić information content (AvgIpc) is 3.42. The highest BCUT2D eigenvalue weighted by Crippen LogP contribution is 2.41. The van der Waals surface area contributed by atoms with Gasteiger partial charge in [0.2, 0.25) is 11.7 Å². The molecule has 0 atom stereocenters. The number of nitrogens with one attached hydrogen (secondary N) is 2. The summed E-state index contributed by atoms with van der Waals surface area (Å²) in [5, 5.41) is 10.1. The number of anilines is 3. The fourth-order valence-corrected chi connectivity index (χ4v) is 3.02. The lowest BCUT2D eigenvalue weighted by atomic mass is 10.1. The standard InChI is InChI=1S/C20H21F2N7O/c1-11(30)24-17-9-16(13(10-23-17)14-6-7-29(3)28-14)25-18-8-15(12-4-5-12)26-19(27-18)20(2,21)22/h6-10,12H,4-5H2,1-3H3,(H2,23,24,25,26,27,30). The summed E-state index contributed by atoms with van der Waals surface area (Å²) >= 11 is 0. The Morgan fingerprint density at radius 2 is 2.00 bits per heavy atom. The number of carbonyl (C=O) groups is 1. The van der Waals surface area contributed by atoms with E-state index in [0.717, 1.165) is 19.8 Å². The van der Waals surface area contributed by atoms with Crippen molar-refractivity contribution in [3.8, 4) is 11.3 Å². The molecule has 4 rings (SSSR count). The topological polar surface area (TPSA) is 97.6 Å². The van der Waals surface area contributed by atoms with E-state index in [1.165, 1.54) is 6.92 Å². The van der Waals surface area contributed by atoms with E-state index in [-0.39, 0.29) is 17.6 Å². The van der Waals surface area contributed by atoms with E-state index < -0.39 is 11.7 Å². The number of pyridine rings is 1. The van der Waals surface area contributed by atoms with E-state index in [1.54, 1.807) is 36.3 Å². The number of carbonyl (C=O) groups excluding carboxylic acids is 1. The molecule has 0 bridgehead atoms. The summed E-state index contributed by atoms with van der Waals surface area (Å²) in [6.07, 6.45) is 5.19. The van der Waals surface area contributed by atoms with Crippen LogP contribution in [-0.4, -0.2) is 30.6 Å². The van der Waals surface area contributed by atoms with E-state index >= 15 is 0 Å². The van der Waals surface area contributed by atoms with E-state index in [2.05, 4.69) is 30.7 Å². The first-order valence-electron chi connectivity index (χ1n) is 9.51. The second kappa shape index (κ2) is 7.43. The number of nitrogens with zero attached hydrogens (tertiary/aromatic N) is 5. The molecule has 2 N–H and O–H groups in total. The molecule has 156 valence electrons. The summed E-state index contributed by atoms with van der Waals surface area (Å²) in [5.74, 6) is -3.21. The highest BCUT2D eigenvalue weighted by atomic mass is 19.3. The number of aromatic nitrogens is 5. The van der Waals surface area contributed by atoms with Crippen LogP contribution in [0.2, 0.25) is 0 Å². The maximum Gasteiger partial charge on any atom is 0.303 e. The summed E-state index contributed by atoms with van der Waals surface area (Å²) in [6, 6.07) is 5.11. The van der Waals surface area contributed by atoms with Gasteiger partial charge in [0.15, 0.2) is 0 Å². The predicted octanol–water partition coefficient (Wildman–Crippen LogP) is 3.96. The van der Waals surface area contributed by atoms with Crippen LogP contribution in [0, 0.1) is 0 Å². The van der Waals surface area contributed by atoms with Crippen molar-refractivity contribution in [3.63, 3.8) is 0 Å². The average molecular weight is 413 g/mol. The third-order valence-electron chi connectivity index (χ3n) is 4.59. The Bertz CT molecular complexity index is 1100. The number of rotatable bonds is 6. The molecule has 0 unspecified atom stereocenters. The third kappa shape index (κ3) is 4.42. The third-order valence-corrected chi connectivity index (χ3v) is 4.59. The maximum absolute atomic E-state index is 14.0. The van der Waals surface area contributed by atoms with Gasteiger partial charge in [-0.25, -0.2) is 15.0 Å². The number of alkyl halides is 2. The highest BCUT2D eigenvalue weighted by Gasteiger charge is 2.33. The molecular weight excluding hydrogens is 392 g/mol. The van der Waals surface area contributed by atoms with Gasteiger partial charge in [-0.15, -0.1) is 0 Å². The Kier molecular flexibility index (Phi) is 4.92. The van der Waals surface area contributed by atoms with Crippen molar-refractivity contribution >= 4 is 23.2 Å². The summed E-state index contributed by atoms with van der Waals surface area (Å²) < 4.78 is 29.6. The van der Waals surface area contributed by atoms with Gasteiger partial charge in [0.25, 0.3) is 0 Å². The Morgan fingerprint density at radius 1 is 1.23 bits per heavy atom. The van der Waals surface area contributed by atoms with Crippen molar-refractivity contribution in [2.45, 2.75) is 38.5 Å². The molecule has 3 heterocycles. The maximum atomic E-state index is 14.0. The van der Waals surface area contributed by atoms with Gasteiger partial charge in [0.05, 0.1) is 11.4 Å². The molecule has 3 aromatic heterocycles. The summed E-state index contributed by atoms with van der Waals surface area (Å²) in [6.45, 7) is 2.16.